The van der Waals surface area contributed by atoms with Crippen LogP contribution in [0.15, 0.2) is 18.2 Å². The highest BCUT2D eigenvalue weighted by Crippen LogP contribution is 2.27. The monoisotopic (exact) mass is 305 g/mol. The average molecular weight is 305 g/mol. The van der Waals surface area contributed by atoms with Crippen molar-refractivity contribution < 1.29 is 9.84 Å². The second kappa shape index (κ2) is 7.98. The van der Waals surface area contributed by atoms with Crippen molar-refractivity contribution in [2.24, 2.45) is 0 Å². The molecule has 0 bridgehead atoms. The van der Waals surface area contributed by atoms with E-state index in [1.807, 2.05) is 0 Å². The molecule has 124 valence electrons. The fourth-order valence-electron chi connectivity index (χ4n) is 3.18. The Bertz CT molecular complexity index is 473. The first-order valence-electron chi connectivity index (χ1n) is 8.63. The minimum Gasteiger partial charge on any atom is -0.491 e. The van der Waals surface area contributed by atoms with Gasteiger partial charge in [-0.2, -0.15) is 0 Å². The van der Waals surface area contributed by atoms with Gasteiger partial charge in [0.05, 0.1) is 0 Å². The van der Waals surface area contributed by atoms with Crippen molar-refractivity contribution in [3.8, 4) is 5.75 Å². The first-order chi connectivity index (χ1) is 10.5. The topological polar surface area (TPSA) is 32.7 Å². The fourth-order valence-corrected chi connectivity index (χ4v) is 3.18. The van der Waals surface area contributed by atoms with E-state index >= 15 is 0 Å². The summed E-state index contributed by atoms with van der Waals surface area (Å²) in [6, 6.07) is 6.90. The Kier molecular flexibility index (Phi) is 6.27. The molecule has 1 aliphatic rings. The number of nitrogens with zero attached hydrogens (tertiary/aromatic N) is 1. The minimum atomic E-state index is -0.430. The summed E-state index contributed by atoms with van der Waals surface area (Å²) in [4.78, 5) is 2.39. The molecule has 0 amide bonds. The van der Waals surface area contributed by atoms with E-state index in [4.69, 9.17) is 4.74 Å². The summed E-state index contributed by atoms with van der Waals surface area (Å²) in [5, 5.41) is 10.3. The molecule has 1 aromatic rings. The Hall–Kier alpha value is -1.06. The van der Waals surface area contributed by atoms with Gasteiger partial charge in [0.25, 0.3) is 0 Å². The number of ether oxygens (including phenoxy) is 1. The summed E-state index contributed by atoms with van der Waals surface area (Å²) < 4.78 is 5.94. The molecule has 2 atom stereocenters. The number of hydrogen-bond donors (Lipinski definition) is 1. The number of rotatable bonds is 6. The van der Waals surface area contributed by atoms with Gasteiger partial charge < -0.3 is 9.84 Å². The number of aliphatic hydroxyl groups is 1. The van der Waals surface area contributed by atoms with Crippen LogP contribution in [-0.2, 0) is 0 Å². The number of β-amino-alcohol motifs (C(OH)–C–C–N with tert-alkyl or cyclic N) is 1. The normalized spacial score (nSPS) is 21.1. The van der Waals surface area contributed by atoms with E-state index in [1.165, 1.54) is 30.4 Å². The van der Waals surface area contributed by atoms with Gasteiger partial charge in [-0.15, -0.1) is 0 Å². The largest absolute Gasteiger partial charge is 0.491 e. The van der Waals surface area contributed by atoms with Crippen molar-refractivity contribution in [1.29, 1.82) is 0 Å². The van der Waals surface area contributed by atoms with E-state index in [9.17, 15) is 5.11 Å². The number of benzene rings is 1. The van der Waals surface area contributed by atoms with E-state index < -0.39 is 6.10 Å². The van der Waals surface area contributed by atoms with E-state index in [0.29, 0.717) is 25.1 Å². The van der Waals surface area contributed by atoms with E-state index in [2.05, 4.69) is 50.8 Å². The van der Waals surface area contributed by atoms with Crippen molar-refractivity contribution in [1.82, 2.24) is 4.90 Å². The number of hydrogen-bond acceptors (Lipinski definition) is 3. The van der Waals surface area contributed by atoms with Gasteiger partial charge >= 0.3 is 0 Å². The van der Waals surface area contributed by atoms with Crippen LogP contribution in [0.3, 0.4) is 0 Å². The summed E-state index contributed by atoms with van der Waals surface area (Å²) in [5.41, 5.74) is 2.41. The molecule has 1 fully saturated rings. The van der Waals surface area contributed by atoms with Crippen molar-refractivity contribution in [2.45, 2.75) is 65.0 Å². The van der Waals surface area contributed by atoms with Crippen molar-refractivity contribution in [3.05, 3.63) is 29.3 Å². The predicted molar refractivity (Wildman–Crippen MR) is 91.7 cm³/mol. The molecule has 0 unspecified atom stereocenters. The maximum absolute atomic E-state index is 10.3. The van der Waals surface area contributed by atoms with Gasteiger partial charge in [-0.1, -0.05) is 32.4 Å². The molecule has 1 aromatic carbocycles. The van der Waals surface area contributed by atoms with E-state index in [-0.39, 0.29) is 0 Å². The summed E-state index contributed by atoms with van der Waals surface area (Å²) in [7, 11) is 0. The van der Waals surface area contributed by atoms with Crippen LogP contribution in [0.1, 0.15) is 57.1 Å². The summed E-state index contributed by atoms with van der Waals surface area (Å²) in [5.74, 6) is 1.34. The molecule has 1 N–H and O–H groups in total. The summed E-state index contributed by atoms with van der Waals surface area (Å²) in [6.07, 6.45) is 3.36. The summed E-state index contributed by atoms with van der Waals surface area (Å²) >= 11 is 0. The SMILES string of the molecule is Cc1ccc(C(C)C)c(OC[C@H](O)CN2CCCC[C@H]2C)c1. The van der Waals surface area contributed by atoms with Crippen LogP contribution in [0.25, 0.3) is 0 Å². The molecule has 0 saturated carbocycles. The zero-order chi connectivity index (χ0) is 16.1. The lowest BCUT2D eigenvalue weighted by atomic mass is 10.0. The van der Waals surface area contributed by atoms with Gasteiger partial charge in [-0.05, 0) is 56.3 Å². The molecule has 0 aliphatic carbocycles. The van der Waals surface area contributed by atoms with Gasteiger partial charge in [0.2, 0.25) is 0 Å². The second-order valence-electron chi connectivity index (χ2n) is 7.00. The Morgan fingerprint density at radius 1 is 1.32 bits per heavy atom. The molecule has 3 heteroatoms. The van der Waals surface area contributed by atoms with Crippen molar-refractivity contribution >= 4 is 0 Å². The molecule has 1 saturated heterocycles. The molecule has 0 spiro atoms. The second-order valence-corrected chi connectivity index (χ2v) is 7.00. The fraction of sp³-hybridized carbons (Fsp3) is 0.684. The molecular weight excluding hydrogens is 274 g/mol. The van der Waals surface area contributed by atoms with Crippen molar-refractivity contribution in [2.75, 3.05) is 19.7 Å². The standard InChI is InChI=1S/C19H31NO2/c1-14(2)18-9-8-15(3)11-19(18)22-13-17(21)12-20-10-6-5-7-16(20)4/h8-9,11,14,16-17,21H,5-7,10,12-13H2,1-4H3/t16-,17-/m1/s1. The van der Waals surface area contributed by atoms with Gasteiger partial charge in [0, 0.05) is 12.6 Å². The predicted octanol–water partition coefficient (Wildman–Crippen LogP) is 3.73. The van der Waals surface area contributed by atoms with Crippen molar-refractivity contribution in [3.63, 3.8) is 0 Å². The highest BCUT2D eigenvalue weighted by atomic mass is 16.5. The zero-order valence-corrected chi connectivity index (χ0v) is 14.5. The zero-order valence-electron chi connectivity index (χ0n) is 14.5. The lowest BCUT2D eigenvalue weighted by molar-refractivity contribution is 0.0435. The van der Waals surface area contributed by atoms with E-state index in [0.717, 1.165) is 12.3 Å². The van der Waals surface area contributed by atoms with Crippen LogP contribution < -0.4 is 4.74 Å². The Morgan fingerprint density at radius 3 is 2.77 bits per heavy atom. The minimum absolute atomic E-state index is 0.367. The van der Waals surface area contributed by atoms with E-state index in [1.54, 1.807) is 0 Å². The first-order valence-corrected chi connectivity index (χ1v) is 8.63. The van der Waals surface area contributed by atoms with Crippen LogP contribution in [-0.4, -0.2) is 41.8 Å². The molecule has 0 radical (unpaired) electrons. The average Bonchev–Trinajstić information content (AvgIpc) is 2.47. The highest BCUT2D eigenvalue weighted by molar-refractivity contribution is 5.39. The first kappa shape index (κ1) is 17.3. The molecule has 2 rings (SSSR count). The lowest BCUT2D eigenvalue weighted by Gasteiger charge is -2.34. The quantitative estimate of drug-likeness (QED) is 0.869. The van der Waals surface area contributed by atoms with Gasteiger partial charge in [-0.25, -0.2) is 0 Å². The molecular formula is C19H31NO2. The molecule has 22 heavy (non-hydrogen) atoms. The Balaban J connectivity index is 1.90. The third-order valence-corrected chi connectivity index (χ3v) is 4.61. The molecule has 1 aliphatic heterocycles. The molecule has 3 nitrogen and oxygen atoms in total. The Morgan fingerprint density at radius 2 is 2.09 bits per heavy atom. The lowest BCUT2D eigenvalue weighted by Crippen LogP contribution is -2.43. The van der Waals surface area contributed by atoms with Gasteiger partial charge in [-0.3, -0.25) is 4.90 Å². The van der Waals surface area contributed by atoms with Crippen LogP contribution >= 0.6 is 0 Å². The van der Waals surface area contributed by atoms with Crippen LogP contribution in [0.5, 0.6) is 5.75 Å². The number of likely N-dealkylation sites (tertiary alicyclic amines) is 1. The van der Waals surface area contributed by atoms with Gasteiger partial charge in [0.1, 0.15) is 18.5 Å². The summed E-state index contributed by atoms with van der Waals surface area (Å²) in [6.45, 7) is 10.8. The molecule has 0 aromatic heterocycles. The smallest absolute Gasteiger partial charge is 0.123 e. The maximum Gasteiger partial charge on any atom is 0.123 e. The van der Waals surface area contributed by atoms with Crippen LogP contribution in [0, 0.1) is 6.92 Å². The Labute approximate surface area is 135 Å². The molecule has 1 heterocycles. The van der Waals surface area contributed by atoms with Crippen LogP contribution in [0.2, 0.25) is 0 Å². The van der Waals surface area contributed by atoms with Gasteiger partial charge in [0.15, 0.2) is 0 Å². The maximum atomic E-state index is 10.3. The third-order valence-electron chi connectivity index (χ3n) is 4.61. The number of aliphatic hydroxyl groups excluding tert-OH is 1. The number of aryl methyl sites for hydroxylation is 1. The highest BCUT2D eigenvalue weighted by Gasteiger charge is 2.21. The van der Waals surface area contributed by atoms with Crippen LogP contribution in [0.4, 0.5) is 0 Å². The third kappa shape index (κ3) is 4.72. The number of piperidine rings is 1.